The summed E-state index contributed by atoms with van der Waals surface area (Å²) >= 11 is 6.10. The van der Waals surface area contributed by atoms with Crippen LogP contribution in [0.4, 0.5) is 8.78 Å². The molecule has 0 fully saturated rings. The highest BCUT2D eigenvalue weighted by Gasteiger charge is 2.18. The molecular weight excluding hydrogens is 366 g/mol. The Balaban J connectivity index is 2.03. The smallest absolute Gasteiger partial charge is 0.148 e. The molecule has 0 spiro atoms. The molecule has 1 atom stereocenters. The molecule has 1 unspecified atom stereocenters. The Morgan fingerprint density at radius 1 is 1.19 bits per heavy atom. The maximum absolute atomic E-state index is 14.5. The molecule has 0 aliphatic heterocycles. The summed E-state index contributed by atoms with van der Waals surface area (Å²) < 4.78 is 27.8. The lowest BCUT2D eigenvalue weighted by atomic mass is 9.94. The zero-order valence-corrected chi connectivity index (χ0v) is 16.0. The minimum absolute atomic E-state index is 0.301. The summed E-state index contributed by atoms with van der Waals surface area (Å²) in [6, 6.07) is 9.32. The van der Waals surface area contributed by atoms with E-state index in [1.807, 2.05) is 13.1 Å². The molecule has 0 saturated carbocycles. The molecule has 2 N–H and O–H groups in total. The van der Waals surface area contributed by atoms with E-state index in [1.54, 1.807) is 18.2 Å². The Morgan fingerprint density at radius 3 is 2.59 bits per heavy atom. The quantitative estimate of drug-likeness (QED) is 0.447. The van der Waals surface area contributed by atoms with Gasteiger partial charge in [-0.15, -0.1) is 6.58 Å². The Hall–Kier alpha value is -2.17. The van der Waals surface area contributed by atoms with Crippen LogP contribution in [-0.4, -0.2) is 18.6 Å². The highest BCUT2D eigenvalue weighted by Crippen LogP contribution is 2.35. The minimum Gasteiger partial charge on any atom is -0.352 e. The van der Waals surface area contributed by atoms with Crippen LogP contribution >= 0.6 is 11.6 Å². The summed E-state index contributed by atoms with van der Waals surface area (Å²) in [5.41, 5.74) is 3.06. The highest BCUT2D eigenvalue weighted by molar-refractivity contribution is 6.31. The van der Waals surface area contributed by atoms with E-state index in [-0.39, 0.29) is 11.6 Å². The van der Waals surface area contributed by atoms with Crippen molar-refractivity contribution in [1.29, 1.82) is 0 Å². The Bertz CT molecular complexity index is 932. The summed E-state index contributed by atoms with van der Waals surface area (Å²) in [7, 11) is 1.93. The lowest BCUT2D eigenvalue weighted by molar-refractivity contribution is 0.531. The van der Waals surface area contributed by atoms with Gasteiger partial charge in [0.2, 0.25) is 0 Å². The molecule has 3 rings (SSSR count). The average Bonchev–Trinajstić information content (AvgIpc) is 3.01. The van der Waals surface area contributed by atoms with Crippen molar-refractivity contribution in [1.82, 2.24) is 10.3 Å². The lowest BCUT2D eigenvalue weighted by Gasteiger charge is -2.13. The first-order chi connectivity index (χ1) is 13.0. The molecule has 2 aromatic carbocycles. The number of benzene rings is 2. The Labute approximate surface area is 163 Å². The second-order valence-electron chi connectivity index (χ2n) is 6.72. The van der Waals surface area contributed by atoms with E-state index in [2.05, 4.69) is 16.9 Å². The molecule has 0 aliphatic rings. The number of allylic oxidation sites excluding steroid dienone is 1. The zero-order valence-electron chi connectivity index (χ0n) is 15.3. The molecule has 27 heavy (non-hydrogen) atoms. The van der Waals surface area contributed by atoms with Crippen LogP contribution in [0.3, 0.4) is 0 Å². The van der Waals surface area contributed by atoms with E-state index in [4.69, 9.17) is 11.6 Å². The molecular formula is C22H23ClF2N2. The molecule has 0 radical (unpaired) electrons. The predicted octanol–water partition coefficient (Wildman–Crippen LogP) is 6.11. The molecule has 0 aliphatic carbocycles. The first kappa shape index (κ1) is 19.6. The number of fused-ring (bicyclic) bond motifs is 1. The monoisotopic (exact) mass is 388 g/mol. The maximum Gasteiger partial charge on any atom is 0.148 e. The SMILES string of the molecule is C=CC(CCNC)CCc1c(-c2ccc(F)cc2)[nH]c2c(F)cc(Cl)cc12. The van der Waals surface area contributed by atoms with Gasteiger partial charge in [-0.1, -0.05) is 17.7 Å². The van der Waals surface area contributed by atoms with Gasteiger partial charge in [0.1, 0.15) is 11.6 Å². The summed E-state index contributed by atoms with van der Waals surface area (Å²) in [5, 5.41) is 4.29. The molecule has 1 aromatic heterocycles. The van der Waals surface area contributed by atoms with Crippen LogP contribution in [0.5, 0.6) is 0 Å². The molecule has 5 heteroatoms. The van der Waals surface area contributed by atoms with Gasteiger partial charge in [0.25, 0.3) is 0 Å². The van der Waals surface area contributed by atoms with E-state index < -0.39 is 0 Å². The standard InChI is InChI=1S/C22H23ClF2N2/c1-3-14(10-11-26-2)4-9-18-19-12-16(23)13-20(25)22(19)27-21(18)15-5-7-17(24)8-6-15/h3,5-8,12-14,26-27H,1,4,9-11H2,2H3. The van der Waals surface area contributed by atoms with Crippen molar-refractivity contribution in [2.45, 2.75) is 19.3 Å². The van der Waals surface area contributed by atoms with Crippen molar-refractivity contribution < 1.29 is 8.78 Å². The number of halogens is 3. The molecule has 1 heterocycles. The molecule has 0 saturated heterocycles. The van der Waals surface area contributed by atoms with Crippen LogP contribution in [0, 0.1) is 17.6 Å². The molecule has 0 amide bonds. The number of hydrogen-bond acceptors (Lipinski definition) is 1. The number of rotatable bonds is 8. The Kier molecular flexibility index (Phi) is 6.30. The van der Waals surface area contributed by atoms with E-state index in [0.29, 0.717) is 16.5 Å². The molecule has 2 nitrogen and oxygen atoms in total. The third kappa shape index (κ3) is 4.40. The van der Waals surface area contributed by atoms with E-state index in [0.717, 1.165) is 48.0 Å². The number of aryl methyl sites for hydroxylation is 1. The van der Waals surface area contributed by atoms with Crippen molar-refractivity contribution in [3.63, 3.8) is 0 Å². The molecule has 0 bridgehead atoms. The van der Waals surface area contributed by atoms with Crippen LogP contribution in [-0.2, 0) is 6.42 Å². The average molecular weight is 389 g/mol. The van der Waals surface area contributed by atoms with Gasteiger partial charge in [-0.25, -0.2) is 8.78 Å². The lowest BCUT2D eigenvalue weighted by Crippen LogP contribution is -2.12. The normalized spacial score (nSPS) is 12.4. The number of nitrogens with one attached hydrogen (secondary N) is 2. The summed E-state index contributed by atoms with van der Waals surface area (Å²) in [6.07, 6.45) is 4.59. The van der Waals surface area contributed by atoms with Crippen molar-refractivity contribution in [3.8, 4) is 11.3 Å². The van der Waals surface area contributed by atoms with Gasteiger partial charge in [0.15, 0.2) is 0 Å². The first-order valence-corrected chi connectivity index (χ1v) is 9.44. The topological polar surface area (TPSA) is 27.8 Å². The third-order valence-corrected chi connectivity index (χ3v) is 5.15. The summed E-state index contributed by atoms with van der Waals surface area (Å²) in [4.78, 5) is 3.19. The maximum atomic E-state index is 14.5. The fourth-order valence-corrected chi connectivity index (χ4v) is 3.64. The van der Waals surface area contributed by atoms with E-state index >= 15 is 0 Å². The summed E-state index contributed by atoms with van der Waals surface area (Å²) in [5.74, 6) is -0.334. The third-order valence-electron chi connectivity index (χ3n) is 4.93. The van der Waals surface area contributed by atoms with Crippen molar-refractivity contribution in [2.24, 2.45) is 5.92 Å². The van der Waals surface area contributed by atoms with Crippen LogP contribution in [0.1, 0.15) is 18.4 Å². The second kappa shape index (κ2) is 8.68. The number of aromatic amines is 1. The van der Waals surface area contributed by atoms with Gasteiger partial charge >= 0.3 is 0 Å². The van der Waals surface area contributed by atoms with Gasteiger partial charge in [0, 0.05) is 16.1 Å². The minimum atomic E-state index is -0.387. The van der Waals surface area contributed by atoms with E-state index in [1.165, 1.54) is 18.2 Å². The Morgan fingerprint density at radius 2 is 1.93 bits per heavy atom. The summed E-state index contributed by atoms with van der Waals surface area (Å²) in [6.45, 7) is 4.85. The van der Waals surface area contributed by atoms with Crippen molar-refractivity contribution in [3.05, 3.63) is 71.3 Å². The van der Waals surface area contributed by atoms with Crippen LogP contribution in [0.25, 0.3) is 22.2 Å². The number of H-pyrrole nitrogens is 1. The van der Waals surface area contributed by atoms with Gasteiger partial charge in [0.05, 0.1) is 5.52 Å². The van der Waals surface area contributed by atoms with Crippen molar-refractivity contribution >= 4 is 22.5 Å². The molecule has 3 aromatic rings. The van der Waals surface area contributed by atoms with Gasteiger partial charge in [-0.05, 0) is 86.3 Å². The van der Waals surface area contributed by atoms with Crippen LogP contribution in [0.15, 0.2) is 49.1 Å². The number of aromatic nitrogens is 1. The van der Waals surface area contributed by atoms with E-state index in [9.17, 15) is 8.78 Å². The zero-order chi connectivity index (χ0) is 19.4. The largest absolute Gasteiger partial charge is 0.352 e. The van der Waals surface area contributed by atoms with Crippen LogP contribution in [0.2, 0.25) is 5.02 Å². The van der Waals surface area contributed by atoms with Crippen molar-refractivity contribution in [2.75, 3.05) is 13.6 Å². The highest BCUT2D eigenvalue weighted by atomic mass is 35.5. The number of hydrogen-bond donors (Lipinski definition) is 2. The van der Waals surface area contributed by atoms with Gasteiger partial charge in [-0.2, -0.15) is 0 Å². The first-order valence-electron chi connectivity index (χ1n) is 9.06. The molecule has 142 valence electrons. The van der Waals surface area contributed by atoms with Crippen LogP contribution < -0.4 is 5.32 Å². The predicted molar refractivity (Wildman–Crippen MR) is 109 cm³/mol. The fourth-order valence-electron chi connectivity index (χ4n) is 3.44. The van der Waals surface area contributed by atoms with Gasteiger partial charge in [-0.3, -0.25) is 0 Å². The second-order valence-corrected chi connectivity index (χ2v) is 7.16. The van der Waals surface area contributed by atoms with Gasteiger partial charge < -0.3 is 10.3 Å². The fraction of sp³-hybridized carbons (Fsp3) is 0.273.